The second-order valence-corrected chi connectivity index (χ2v) is 8.03. The first-order valence-corrected chi connectivity index (χ1v) is 11.2. The number of carbonyl (C=O) groups excluding carboxylic acids is 2. The van der Waals surface area contributed by atoms with Crippen molar-refractivity contribution in [1.82, 2.24) is 35.6 Å². The number of nitrogens with one attached hydrogen (secondary N) is 2. The van der Waals surface area contributed by atoms with Crippen LogP contribution in [0, 0.1) is 0 Å². The number of rotatable bonds is 7. The van der Waals surface area contributed by atoms with Crippen molar-refractivity contribution in [2.75, 3.05) is 0 Å². The zero-order valence-corrected chi connectivity index (χ0v) is 18.8. The van der Waals surface area contributed by atoms with E-state index in [1.165, 1.54) is 4.80 Å². The minimum absolute atomic E-state index is 0.244. The summed E-state index contributed by atoms with van der Waals surface area (Å²) in [5.74, 6) is -0.0944. The lowest BCUT2D eigenvalue weighted by atomic mass is 10.1. The maximum absolute atomic E-state index is 12.4. The van der Waals surface area contributed by atoms with Crippen LogP contribution in [0.4, 0.5) is 0 Å². The number of tetrazole rings is 1. The molecule has 0 unspecified atom stereocenters. The first kappa shape index (κ1) is 22.0. The third kappa shape index (κ3) is 5.25. The lowest BCUT2D eigenvalue weighted by Gasteiger charge is -2.09. The summed E-state index contributed by atoms with van der Waals surface area (Å²) in [4.78, 5) is 26.1. The Balaban J connectivity index is 1.11. The van der Waals surface area contributed by atoms with Crippen molar-refractivity contribution in [3.63, 3.8) is 0 Å². The minimum Gasteiger partial charge on any atom is -0.347 e. The zero-order chi connectivity index (χ0) is 24.0. The molecule has 2 heterocycles. The zero-order valence-electron chi connectivity index (χ0n) is 18.8. The number of nitrogens with zero attached hydrogens (tertiary/aromatic N) is 5. The number of benzene rings is 3. The van der Waals surface area contributed by atoms with E-state index in [1.54, 1.807) is 12.1 Å². The van der Waals surface area contributed by atoms with E-state index in [9.17, 15) is 9.59 Å². The minimum atomic E-state index is -0.387. The number of hydrogen-bond acceptors (Lipinski definition) is 5. The Morgan fingerprint density at radius 2 is 1.60 bits per heavy atom. The summed E-state index contributed by atoms with van der Waals surface area (Å²) in [7, 11) is 0. The fourth-order valence-corrected chi connectivity index (χ4v) is 3.76. The van der Waals surface area contributed by atoms with Crippen LogP contribution >= 0.6 is 0 Å². The Bertz CT molecular complexity index is 1460. The molecule has 0 aliphatic carbocycles. The number of para-hydroxylation sites is 1. The SMILES string of the molecule is O=C(CCn1ccc2ccccc21)NNC(=O)c1ccc(Cn2nnc(-c3ccccc3)n2)cc1. The lowest BCUT2D eigenvalue weighted by molar-refractivity contribution is -0.122. The highest BCUT2D eigenvalue weighted by Crippen LogP contribution is 2.15. The van der Waals surface area contributed by atoms with E-state index in [0.717, 1.165) is 22.0 Å². The summed E-state index contributed by atoms with van der Waals surface area (Å²) >= 11 is 0. The van der Waals surface area contributed by atoms with Gasteiger partial charge in [-0.15, -0.1) is 10.2 Å². The standard InChI is InChI=1S/C26H23N7O2/c34-24(15-17-32-16-14-20-6-4-5-9-23(20)32)27-29-26(35)22-12-10-19(11-13-22)18-33-30-25(28-31-33)21-7-2-1-3-8-21/h1-14,16H,15,17-18H2,(H,27,34)(H,29,35). The van der Waals surface area contributed by atoms with Gasteiger partial charge < -0.3 is 4.57 Å². The maximum Gasteiger partial charge on any atom is 0.269 e. The Morgan fingerprint density at radius 1 is 0.829 bits per heavy atom. The highest BCUT2D eigenvalue weighted by molar-refractivity contribution is 5.95. The number of aryl methyl sites for hydroxylation is 1. The molecule has 0 fully saturated rings. The highest BCUT2D eigenvalue weighted by Gasteiger charge is 2.10. The van der Waals surface area contributed by atoms with Gasteiger partial charge in [-0.25, -0.2) is 0 Å². The molecule has 9 heteroatoms. The van der Waals surface area contributed by atoms with Crippen LogP contribution in [0.3, 0.4) is 0 Å². The number of hydrazine groups is 1. The van der Waals surface area contributed by atoms with E-state index in [1.807, 2.05) is 83.6 Å². The highest BCUT2D eigenvalue weighted by atomic mass is 16.2. The van der Waals surface area contributed by atoms with Gasteiger partial charge in [-0.1, -0.05) is 60.7 Å². The Kier molecular flexibility index (Phi) is 6.29. The molecule has 0 saturated carbocycles. The number of hydrogen-bond donors (Lipinski definition) is 2. The van der Waals surface area contributed by atoms with Gasteiger partial charge in [0.15, 0.2) is 0 Å². The summed E-state index contributed by atoms with van der Waals surface area (Å²) in [6.45, 7) is 0.943. The first-order valence-electron chi connectivity index (χ1n) is 11.2. The monoisotopic (exact) mass is 465 g/mol. The van der Waals surface area contributed by atoms with Crippen molar-refractivity contribution in [2.45, 2.75) is 19.5 Å². The Morgan fingerprint density at radius 3 is 2.43 bits per heavy atom. The predicted octanol–water partition coefficient (Wildman–Crippen LogP) is 3.19. The summed E-state index contributed by atoms with van der Waals surface area (Å²) in [6, 6.07) is 26.7. The van der Waals surface area contributed by atoms with Gasteiger partial charge >= 0.3 is 0 Å². The van der Waals surface area contributed by atoms with Crippen molar-refractivity contribution in [2.24, 2.45) is 0 Å². The third-order valence-electron chi connectivity index (χ3n) is 5.60. The Hall–Kier alpha value is -4.79. The summed E-state index contributed by atoms with van der Waals surface area (Å²) in [5.41, 5.74) is 8.27. The molecule has 2 amide bonds. The molecule has 2 N–H and O–H groups in total. The van der Waals surface area contributed by atoms with Crippen molar-refractivity contribution < 1.29 is 9.59 Å². The van der Waals surface area contributed by atoms with Crippen LogP contribution in [0.1, 0.15) is 22.3 Å². The van der Waals surface area contributed by atoms with E-state index < -0.39 is 0 Å². The molecule has 2 aromatic heterocycles. The van der Waals surface area contributed by atoms with Crippen LogP contribution in [0.2, 0.25) is 0 Å². The summed E-state index contributed by atoms with van der Waals surface area (Å²) in [5, 5.41) is 13.7. The Labute approximate surface area is 201 Å². The molecule has 0 aliphatic heterocycles. The van der Waals surface area contributed by atoms with Gasteiger partial charge in [0.1, 0.15) is 0 Å². The molecular formula is C26H23N7O2. The van der Waals surface area contributed by atoms with Crippen LogP contribution in [0.15, 0.2) is 91.1 Å². The van der Waals surface area contributed by atoms with Gasteiger partial charge in [-0.05, 0) is 40.4 Å². The van der Waals surface area contributed by atoms with E-state index >= 15 is 0 Å². The third-order valence-corrected chi connectivity index (χ3v) is 5.60. The average molecular weight is 466 g/mol. The predicted molar refractivity (Wildman–Crippen MR) is 131 cm³/mol. The van der Waals surface area contributed by atoms with Crippen LogP contribution in [0.5, 0.6) is 0 Å². The van der Waals surface area contributed by atoms with E-state index in [2.05, 4.69) is 26.3 Å². The molecule has 5 aromatic rings. The second-order valence-electron chi connectivity index (χ2n) is 8.03. The fourth-order valence-electron chi connectivity index (χ4n) is 3.76. The van der Waals surface area contributed by atoms with E-state index in [-0.39, 0.29) is 18.2 Å². The summed E-state index contributed by atoms with van der Waals surface area (Å²) in [6.07, 6.45) is 2.20. The van der Waals surface area contributed by atoms with Gasteiger partial charge in [0.25, 0.3) is 5.91 Å². The van der Waals surface area contributed by atoms with Crippen LogP contribution in [-0.2, 0) is 17.9 Å². The largest absolute Gasteiger partial charge is 0.347 e. The van der Waals surface area contributed by atoms with Gasteiger partial charge in [0, 0.05) is 35.8 Å². The van der Waals surface area contributed by atoms with Crippen molar-refractivity contribution in [3.8, 4) is 11.4 Å². The number of fused-ring (bicyclic) bond motifs is 1. The molecule has 0 aliphatic rings. The number of carbonyl (C=O) groups is 2. The van der Waals surface area contributed by atoms with Gasteiger partial charge in [-0.2, -0.15) is 4.80 Å². The molecular weight excluding hydrogens is 442 g/mol. The van der Waals surface area contributed by atoms with Crippen molar-refractivity contribution >= 4 is 22.7 Å². The molecule has 5 rings (SSSR count). The quantitative estimate of drug-likeness (QED) is 0.359. The summed E-state index contributed by atoms with van der Waals surface area (Å²) < 4.78 is 2.02. The molecule has 0 radical (unpaired) electrons. The van der Waals surface area contributed by atoms with Crippen molar-refractivity contribution in [1.29, 1.82) is 0 Å². The van der Waals surface area contributed by atoms with Gasteiger partial charge in [-0.3, -0.25) is 20.4 Å². The molecule has 3 aromatic carbocycles. The second kappa shape index (κ2) is 10.0. The fraction of sp³-hybridized carbons (Fsp3) is 0.115. The lowest BCUT2D eigenvalue weighted by Crippen LogP contribution is -2.41. The molecule has 9 nitrogen and oxygen atoms in total. The topological polar surface area (TPSA) is 107 Å². The van der Waals surface area contributed by atoms with Crippen LogP contribution in [-0.4, -0.2) is 36.6 Å². The van der Waals surface area contributed by atoms with E-state index in [4.69, 9.17) is 0 Å². The van der Waals surface area contributed by atoms with Gasteiger partial charge in [0.05, 0.1) is 6.54 Å². The maximum atomic E-state index is 12.4. The first-order chi connectivity index (χ1) is 17.2. The average Bonchev–Trinajstić information content (AvgIpc) is 3.54. The molecule has 35 heavy (non-hydrogen) atoms. The van der Waals surface area contributed by atoms with E-state index in [0.29, 0.717) is 24.5 Å². The molecule has 0 atom stereocenters. The smallest absolute Gasteiger partial charge is 0.269 e. The van der Waals surface area contributed by atoms with Gasteiger partial charge in [0.2, 0.25) is 11.7 Å². The molecule has 0 bridgehead atoms. The normalized spacial score (nSPS) is 10.9. The molecule has 0 spiro atoms. The van der Waals surface area contributed by atoms with Crippen LogP contribution in [0.25, 0.3) is 22.3 Å². The van der Waals surface area contributed by atoms with Crippen molar-refractivity contribution in [3.05, 3.63) is 102 Å². The van der Waals surface area contributed by atoms with Crippen LogP contribution < -0.4 is 10.9 Å². The number of amides is 2. The molecule has 174 valence electrons. The molecule has 0 saturated heterocycles. The number of aromatic nitrogens is 5.